The average molecular weight is 389 g/mol. The van der Waals surface area contributed by atoms with E-state index in [0.29, 0.717) is 5.92 Å². The Balaban J connectivity index is 2.17. The fraction of sp³-hybridized carbons (Fsp3) is 0.200. The van der Waals surface area contributed by atoms with Crippen molar-refractivity contribution in [3.05, 3.63) is 69.2 Å². The van der Waals surface area contributed by atoms with Crippen molar-refractivity contribution in [2.24, 2.45) is 0 Å². The molecule has 0 amide bonds. The van der Waals surface area contributed by atoms with E-state index < -0.39 is 0 Å². The number of alkyl halides is 1. The second kappa shape index (κ2) is 6.74. The zero-order valence-electron chi connectivity index (χ0n) is 9.74. The van der Waals surface area contributed by atoms with Gasteiger partial charge in [-0.2, -0.15) is 0 Å². The predicted octanol–water partition coefficient (Wildman–Crippen LogP) is 5.82. The molecule has 2 rings (SSSR count). The first-order valence-electron chi connectivity index (χ1n) is 5.75. The molecule has 18 heavy (non-hydrogen) atoms. The summed E-state index contributed by atoms with van der Waals surface area (Å²) in [6.45, 7) is 0. The minimum Gasteiger partial charge on any atom is -0.0921 e. The van der Waals surface area contributed by atoms with Crippen molar-refractivity contribution in [1.82, 2.24) is 0 Å². The van der Waals surface area contributed by atoms with Crippen LogP contribution in [0.25, 0.3) is 0 Å². The van der Waals surface area contributed by atoms with Crippen LogP contribution in [0.2, 0.25) is 5.02 Å². The number of hydrogen-bond donors (Lipinski definition) is 0. The highest BCUT2D eigenvalue weighted by molar-refractivity contribution is 9.10. The van der Waals surface area contributed by atoms with E-state index in [1.165, 1.54) is 11.1 Å². The van der Waals surface area contributed by atoms with Crippen LogP contribution in [-0.4, -0.2) is 5.33 Å². The summed E-state index contributed by atoms with van der Waals surface area (Å²) < 4.78 is 1.12. The van der Waals surface area contributed by atoms with Crippen molar-refractivity contribution >= 4 is 43.5 Å². The highest BCUT2D eigenvalue weighted by atomic mass is 79.9. The highest BCUT2D eigenvalue weighted by Crippen LogP contribution is 2.25. The normalized spacial score (nSPS) is 12.4. The van der Waals surface area contributed by atoms with Gasteiger partial charge in [0, 0.05) is 14.8 Å². The van der Waals surface area contributed by atoms with Crippen LogP contribution in [0, 0.1) is 0 Å². The first-order chi connectivity index (χ1) is 8.69. The van der Waals surface area contributed by atoms with Crippen LogP contribution < -0.4 is 0 Å². The molecule has 1 atom stereocenters. The van der Waals surface area contributed by atoms with Gasteiger partial charge in [-0.15, -0.1) is 0 Å². The molecular weight excluding hydrogens is 375 g/mol. The third-order valence-electron chi connectivity index (χ3n) is 2.90. The largest absolute Gasteiger partial charge is 0.0921 e. The lowest BCUT2D eigenvalue weighted by molar-refractivity contribution is 0.775. The van der Waals surface area contributed by atoms with Crippen molar-refractivity contribution in [2.45, 2.75) is 12.3 Å². The summed E-state index contributed by atoms with van der Waals surface area (Å²) >= 11 is 13.1. The van der Waals surface area contributed by atoms with Crippen LogP contribution in [0.5, 0.6) is 0 Å². The maximum Gasteiger partial charge on any atom is 0.0408 e. The molecule has 0 spiro atoms. The molecule has 0 aromatic heterocycles. The Morgan fingerprint density at radius 2 is 1.78 bits per heavy atom. The quantitative estimate of drug-likeness (QED) is 0.579. The van der Waals surface area contributed by atoms with Crippen molar-refractivity contribution in [3.8, 4) is 0 Å². The van der Waals surface area contributed by atoms with E-state index >= 15 is 0 Å². The van der Waals surface area contributed by atoms with Gasteiger partial charge in [0.1, 0.15) is 0 Å². The first kappa shape index (κ1) is 14.1. The van der Waals surface area contributed by atoms with Crippen LogP contribution in [0.3, 0.4) is 0 Å². The van der Waals surface area contributed by atoms with Gasteiger partial charge in [0.15, 0.2) is 0 Å². The summed E-state index contributed by atoms with van der Waals surface area (Å²) in [7, 11) is 0. The van der Waals surface area contributed by atoms with Crippen molar-refractivity contribution in [1.29, 1.82) is 0 Å². The van der Waals surface area contributed by atoms with E-state index in [1.807, 2.05) is 18.2 Å². The Morgan fingerprint density at radius 3 is 2.39 bits per heavy atom. The van der Waals surface area contributed by atoms with Gasteiger partial charge in [0.25, 0.3) is 0 Å². The lowest BCUT2D eigenvalue weighted by Gasteiger charge is -2.15. The van der Waals surface area contributed by atoms with Crippen LogP contribution in [0.1, 0.15) is 17.0 Å². The summed E-state index contributed by atoms with van der Waals surface area (Å²) in [6, 6.07) is 16.6. The van der Waals surface area contributed by atoms with Gasteiger partial charge < -0.3 is 0 Å². The van der Waals surface area contributed by atoms with Gasteiger partial charge in [0.05, 0.1) is 0 Å². The molecule has 0 fully saturated rings. The van der Waals surface area contributed by atoms with Gasteiger partial charge in [0.2, 0.25) is 0 Å². The molecule has 1 unspecified atom stereocenters. The Kier molecular flexibility index (Phi) is 5.28. The summed E-state index contributed by atoms with van der Waals surface area (Å²) in [5.74, 6) is 0.449. The van der Waals surface area contributed by atoms with Crippen LogP contribution >= 0.6 is 43.5 Å². The zero-order chi connectivity index (χ0) is 13.0. The molecule has 2 aromatic carbocycles. The maximum atomic E-state index is 6.05. The monoisotopic (exact) mass is 386 g/mol. The highest BCUT2D eigenvalue weighted by Gasteiger charge is 2.11. The summed E-state index contributed by atoms with van der Waals surface area (Å²) in [6.07, 6.45) is 1.01. The number of benzene rings is 2. The van der Waals surface area contributed by atoms with E-state index in [4.69, 9.17) is 11.6 Å². The second-order valence-electron chi connectivity index (χ2n) is 4.24. The third kappa shape index (κ3) is 3.84. The zero-order valence-corrected chi connectivity index (χ0v) is 13.7. The molecule has 0 aliphatic carbocycles. The molecule has 0 heterocycles. The summed E-state index contributed by atoms with van der Waals surface area (Å²) in [5.41, 5.74) is 2.62. The van der Waals surface area contributed by atoms with Gasteiger partial charge in [-0.1, -0.05) is 67.7 Å². The molecule has 0 radical (unpaired) electrons. The van der Waals surface area contributed by atoms with Gasteiger partial charge in [-0.25, -0.2) is 0 Å². The van der Waals surface area contributed by atoms with E-state index in [0.717, 1.165) is 21.2 Å². The molecule has 0 bridgehead atoms. The smallest absolute Gasteiger partial charge is 0.0408 e. The maximum absolute atomic E-state index is 6.05. The molecule has 94 valence electrons. The second-order valence-corrected chi connectivity index (χ2v) is 6.24. The lowest BCUT2D eigenvalue weighted by atomic mass is 9.94. The summed E-state index contributed by atoms with van der Waals surface area (Å²) in [4.78, 5) is 0. The standard InChI is InChI=1S/C15H13Br2Cl/c16-10-13(12-2-1-3-15(18)9-12)8-11-4-6-14(17)7-5-11/h1-7,9,13H,8,10H2. The predicted molar refractivity (Wildman–Crippen MR) is 85.8 cm³/mol. The molecule has 2 aromatic rings. The van der Waals surface area contributed by atoms with E-state index in [1.54, 1.807) is 0 Å². The topological polar surface area (TPSA) is 0 Å². The lowest BCUT2D eigenvalue weighted by Crippen LogP contribution is -2.04. The SMILES string of the molecule is Clc1cccc(C(CBr)Cc2ccc(Br)cc2)c1. The fourth-order valence-corrected chi connectivity index (χ4v) is 2.99. The number of halogens is 3. The average Bonchev–Trinajstić information content (AvgIpc) is 2.38. The number of rotatable bonds is 4. The third-order valence-corrected chi connectivity index (χ3v) is 4.45. The molecule has 0 nitrogen and oxygen atoms in total. The molecule has 0 aliphatic rings. The van der Waals surface area contributed by atoms with Crippen LogP contribution in [0.15, 0.2) is 53.0 Å². The van der Waals surface area contributed by atoms with E-state index in [-0.39, 0.29) is 0 Å². The van der Waals surface area contributed by atoms with Gasteiger partial charge in [-0.3, -0.25) is 0 Å². The summed E-state index contributed by atoms with van der Waals surface area (Å²) in [5, 5.41) is 1.73. The van der Waals surface area contributed by atoms with E-state index in [9.17, 15) is 0 Å². The van der Waals surface area contributed by atoms with Crippen molar-refractivity contribution < 1.29 is 0 Å². The molecule has 0 saturated heterocycles. The Morgan fingerprint density at radius 1 is 1.06 bits per heavy atom. The molecular formula is C15H13Br2Cl. The Labute approximate surface area is 130 Å². The Bertz CT molecular complexity index is 508. The minimum atomic E-state index is 0.449. The first-order valence-corrected chi connectivity index (χ1v) is 8.04. The van der Waals surface area contributed by atoms with Gasteiger partial charge in [-0.05, 0) is 47.7 Å². The van der Waals surface area contributed by atoms with E-state index in [2.05, 4.69) is 62.2 Å². The Hall–Kier alpha value is -0.310. The number of hydrogen-bond acceptors (Lipinski definition) is 0. The fourth-order valence-electron chi connectivity index (χ4n) is 1.93. The van der Waals surface area contributed by atoms with Crippen LogP contribution in [0.4, 0.5) is 0 Å². The minimum absolute atomic E-state index is 0.449. The molecule has 3 heteroatoms. The molecule has 0 N–H and O–H groups in total. The molecule has 0 saturated carbocycles. The van der Waals surface area contributed by atoms with Crippen molar-refractivity contribution in [3.63, 3.8) is 0 Å². The molecule has 0 aliphatic heterocycles. The van der Waals surface area contributed by atoms with Crippen molar-refractivity contribution in [2.75, 3.05) is 5.33 Å². The van der Waals surface area contributed by atoms with Gasteiger partial charge >= 0.3 is 0 Å². The van der Waals surface area contributed by atoms with Crippen LogP contribution in [-0.2, 0) is 6.42 Å².